The molecule has 1 heterocycles. The summed E-state index contributed by atoms with van der Waals surface area (Å²) >= 11 is 0. The summed E-state index contributed by atoms with van der Waals surface area (Å²) in [4.78, 5) is 4.09. The Morgan fingerprint density at radius 2 is 2.14 bits per heavy atom. The zero-order valence-corrected chi connectivity index (χ0v) is 13.4. The molecule has 0 bridgehead atoms. The van der Waals surface area contributed by atoms with Gasteiger partial charge in [0.2, 0.25) is 0 Å². The van der Waals surface area contributed by atoms with Crippen LogP contribution < -0.4 is 4.72 Å². The van der Waals surface area contributed by atoms with Gasteiger partial charge in [-0.1, -0.05) is 19.3 Å². The van der Waals surface area contributed by atoms with Gasteiger partial charge >= 0.3 is 0 Å². The van der Waals surface area contributed by atoms with Crippen LogP contribution in [0.5, 0.6) is 0 Å². The fourth-order valence-electron chi connectivity index (χ4n) is 2.85. The summed E-state index contributed by atoms with van der Waals surface area (Å²) in [5.74, 6) is 0.761. The number of imidazole rings is 1. The van der Waals surface area contributed by atoms with Crippen LogP contribution in [0, 0.1) is 24.2 Å². The van der Waals surface area contributed by atoms with Crippen LogP contribution in [-0.2, 0) is 16.6 Å². The van der Waals surface area contributed by atoms with Crippen LogP contribution in [0.1, 0.15) is 44.9 Å². The smallest absolute Gasteiger partial charge is 0.260 e. The zero-order valence-electron chi connectivity index (χ0n) is 12.5. The van der Waals surface area contributed by atoms with E-state index in [9.17, 15) is 13.7 Å². The van der Waals surface area contributed by atoms with Gasteiger partial charge in [-0.15, -0.1) is 0 Å². The summed E-state index contributed by atoms with van der Waals surface area (Å²) in [6.07, 6.45) is 6.63. The number of rotatable bonds is 5. The number of nitriles is 1. The van der Waals surface area contributed by atoms with Crippen molar-refractivity contribution in [3.63, 3.8) is 0 Å². The highest BCUT2D eigenvalue weighted by molar-refractivity contribution is 7.89. The highest BCUT2D eigenvalue weighted by Crippen LogP contribution is 2.27. The van der Waals surface area contributed by atoms with Gasteiger partial charge in [0, 0.05) is 12.7 Å². The lowest BCUT2D eigenvalue weighted by atomic mass is 9.85. The van der Waals surface area contributed by atoms with E-state index >= 15 is 0 Å². The second-order valence-corrected chi connectivity index (χ2v) is 7.20. The van der Waals surface area contributed by atoms with Crippen molar-refractivity contribution in [3.05, 3.63) is 12.0 Å². The maximum atomic E-state index is 12.4. The molecule has 1 aromatic rings. The molecule has 0 saturated heterocycles. The van der Waals surface area contributed by atoms with E-state index < -0.39 is 16.1 Å². The first-order valence-corrected chi connectivity index (χ1v) is 8.92. The first-order valence-electron chi connectivity index (χ1n) is 7.43. The SMILES string of the molecule is CCn1cc(S(=O)(=O)NC(C#N)C2CCCCC2)nc1C. The molecule has 1 aromatic heterocycles. The summed E-state index contributed by atoms with van der Waals surface area (Å²) in [5, 5.41) is 9.29. The van der Waals surface area contributed by atoms with Gasteiger partial charge in [0.25, 0.3) is 10.0 Å². The molecule has 0 aromatic carbocycles. The minimum atomic E-state index is -3.74. The molecule has 1 N–H and O–H groups in total. The van der Waals surface area contributed by atoms with Crippen molar-refractivity contribution in [2.45, 2.75) is 63.6 Å². The maximum Gasteiger partial charge on any atom is 0.260 e. The van der Waals surface area contributed by atoms with Crippen LogP contribution in [0.25, 0.3) is 0 Å². The largest absolute Gasteiger partial charge is 0.334 e. The molecule has 0 radical (unpaired) electrons. The number of aromatic nitrogens is 2. The third kappa shape index (κ3) is 3.63. The maximum absolute atomic E-state index is 12.4. The second-order valence-electron chi connectivity index (χ2n) is 5.54. The first kappa shape index (κ1) is 16.0. The Morgan fingerprint density at radius 1 is 1.48 bits per heavy atom. The van der Waals surface area contributed by atoms with Crippen LogP contribution in [0.2, 0.25) is 0 Å². The summed E-state index contributed by atoms with van der Waals surface area (Å²) < 4.78 is 29.1. The Hall–Kier alpha value is -1.39. The van der Waals surface area contributed by atoms with Gasteiger partial charge < -0.3 is 4.57 Å². The number of hydrogen-bond donors (Lipinski definition) is 1. The van der Waals surface area contributed by atoms with Crippen molar-refractivity contribution in [3.8, 4) is 6.07 Å². The van der Waals surface area contributed by atoms with Crippen molar-refractivity contribution < 1.29 is 8.42 Å². The molecule has 1 aliphatic rings. The topological polar surface area (TPSA) is 87.8 Å². The zero-order chi connectivity index (χ0) is 15.5. The van der Waals surface area contributed by atoms with E-state index in [0.29, 0.717) is 12.4 Å². The van der Waals surface area contributed by atoms with Crippen molar-refractivity contribution in [2.75, 3.05) is 0 Å². The van der Waals surface area contributed by atoms with Crippen LogP contribution in [0.3, 0.4) is 0 Å². The van der Waals surface area contributed by atoms with Crippen LogP contribution in [0.4, 0.5) is 0 Å². The van der Waals surface area contributed by atoms with E-state index in [4.69, 9.17) is 0 Å². The van der Waals surface area contributed by atoms with Gasteiger partial charge in [0.1, 0.15) is 11.9 Å². The predicted octanol–water partition coefficient (Wildman–Crippen LogP) is 1.96. The molecule has 0 aliphatic heterocycles. The van der Waals surface area contributed by atoms with Gasteiger partial charge in [-0.25, -0.2) is 13.4 Å². The highest BCUT2D eigenvalue weighted by Gasteiger charge is 2.29. The molecule has 1 atom stereocenters. The summed E-state index contributed by atoms with van der Waals surface area (Å²) in [6, 6.07) is 1.44. The monoisotopic (exact) mass is 310 g/mol. The van der Waals surface area contributed by atoms with Crippen molar-refractivity contribution in [2.24, 2.45) is 5.92 Å². The Labute approximate surface area is 126 Å². The molecular weight excluding hydrogens is 288 g/mol. The van der Waals surface area contributed by atoms with Crippen molar-refractivity contribution in [1.29, 1.82) is 5.26 Å². The van der Waals surface area contributed by atoms with Gasteiger partial charge in [0.05, 0.1) is 6.07 Å². The molecular formula is C14H22N4O2S. The minimum Gasteiger partial charge on any atom is -0.334 e. The Morgan fingerprint density at radius 3 is 2.67 bits per heavy atom. The molecule has 0 amide bonds. The third-order valence-corrected chi connectivity index (χ3v) is 5.42. The molecule has 1 saturated carbocycles. The number of hydrogen-bond acceptors (Lipinski definition) is 4. The van der Waals surface area contributed by atoms with E-state index in [-0.39, 0.29) is 10.9 Å². The molecule has 0 spiro atoms. The van der Waals surface area contributed by atoms with Gasteiger partial charge in [-0.2, -0.15) is 9.98 Å². The lowest BCUT2D eigenvalue weighted by molar-refractivity contribution is 0.323. The van der Waals surface area contributed by atoms with Gasteiger partial charge in [0.15, 0.2) is 5.03 Å². The molecule has 21 heavy (non-hydrogen) atoms. The van der Waals surface area contributed by atoms with Crippen LogP contribution >= 0.6 is 0 Å². The first-order chi connectivity index (χ1) is 9.97. The number of nitrogens with one attached hydrogen (secondary N) is 1. The molecule has 1 aliphatic carbocycles. The fourth-order valence-corrected chi connectivity index (χ4v) is 4.07. The van der Waals surface area contributed by atoms with E-state index in [2.05, 4.69) is 15.8 Å². The standard InChI is InChI=1S/C14H22N4O2S/c1-3-18-10-14(16-11(18)2)21(19,20)17-13(9-15)12-7-5-4-6-8-12/h10,12-13,17H,3-8H2,1-2H3. The second kappa shape index (κ2) is 6.58. The Bertz CT molecular complexity index is 624. The number of sulfonamides is 1. The molecule has 2 rings (SSSR count). The molecule has 1 fully saturated rings. The fraction of sp³-hybridized carbons (Fsp3) is 0.714. The average Bonchev–Trinajstić information content (AvgIpc) is 2.87. The lowest BCUT2D eigenvalue weighted by Gasteiger charge is -2.25. The molecule has 6 nitrogen and oxygen atoms in total. The lowest BCUT2D eigenvalue weighted by Crippen LogP contribution is -2.40. The quantitative estimate of drug-likeness (QED) is 0.900. The molecule has 7 heteroatoms. The van der Waals surface area contributed by atoms with E-state index in [1.165, 1.54) is 12.6 Å². The van der Waals surface area contributed by atoms with E-state index in [1.54, 1.807) is 11.5 Å². The average molecular weight is 310 g/mol. The van der Waals surface area contributed by atoms with Crippen LogP contribution in [0.15, 0.2) is 11.2 Å². The van der Waals surface area contributed by atoms with E-state index in [1.807, 2.05) is 6.92 Å². The molecule has 116 valence electrons. The predicted molar refractivity (Wildman–Crippen MR) is 78.9 cm³/mol. The number of aryl methyl sites for hydroxylation is 2. The van der Waals surface area contributed by atoms with Gasteiger partial charge in [-0.05, 0) is 32.6 Å². The highest BCUT2D eigenvalue weighted by atomic mass is 32.2. The Balaban J connectivity index is 2.16. The van der Waals surface area contributed by atoms with Crippen molar-refractivity contribution in [1.82, 2.24) is 14.3 Å². The Kier molecular flexibility index (Phi) is 5.01. The van der Waals surface area contributed by atoms with Crippen molar-refractivity contribution >= 4 is 10.0 Å². The third-order valence-electron chi connectivity index (χ3n) is 4.11. The summed E-state index contributed by atoms with van der Waals surface area (Å²) in [5.41, 5.74) is 0. The minimum absolute atomic E-state index is 0.00194. The molecule has 1 unspecified atom stereocenters. The summed E-state index contributed by atoms with van der Waals surface area (Å²) in [6.45, 7) is 4.36. The van der Waals surface area contributed by atoms with Gasteiger partial charge in [-0.3, -0.25) is 0 Å². The summed E-state index contributed by atoms with van der Waals surface area (Å²) in [7, 11) is -3.74. The normalized spacial score (nSPS) is 18.3. The van der Waals surface area contributed by atoms with E-state index in [0.717, 1.165) is 25.7 Å². The number of nitrogens with zero attached hydrogens (tertiary/aromatic N) is 3. The van der Waals surface area contributed by atoms with Crippen LogP contribution in [-0.4, -0.2) is 24.0 Å².